The molecule has 0 saturated carbocycles. The number of nitrogens with zero attached hydrogens (tertiary/aromatic N) is 1. The predicted octanol–water partition coefficient (Wildman–Crippen LogP) is 2.80. The molecule has 8 heteroatoms. The van der Waals surface area contributed by atoms with Crippen LogP contribution in [-0.2, 0) is 4.74 Å². The zero-order valence-corrected chi connectivity index (χ0v) is 15.4. The molecule has 0 fully saturated rings. The Hall–Kier alpha value is -0.540. The van der Waals surface area contributed by atoms with E-state index >= 15 is 0 Å². The number of hydrogen-bond donors (Lipinski definition) is 1. The monoisotopic (exact) mass is 407 g/mol. The number of thiophene rings is 1. The van der Waals surface area contributed by atoms with Gasteiger partial charge < -0.3 is 19.2 Å². The molecule has 0 aliphatic carbocycles. The topological polar surface area (TPSA) is 62.9 Å². The van der Waals surface area contributed by atoms with Crippen LogP contribution < -0.4 is 10.3 Å². The molecule has 0 aliphatic rings. The van der Waals surface area contributed by atoms with E-state index in [4.69, 9.17) is 9.15 Å². The number of aliphatic hydroxyl groups excluding tert-OH is 1. The van der Waals surface area contributed by atoms with Crippen LogP contribution in [0.25, 0.3) is 10.3 Å². The normalized spacial score (nSPS) is 11.2. The van der Waals surface area contributed by atoms with Gasteiger partial charge in [-0.1, -0.05) is 0 Å². The molecule has 0 aliphatic heterocycles. The average molecular weight is 408 g/mol. The number of halogens is 1. The third kappa shape index (κ3) is 4.48. The summed E-state index contributed by atoms with van der Waals surface area (Å²) in [7, 11) is 1.68. The molecule has 2 aromatic heterocycles. The van der Waals surface area contributed by atoms with Crippen molar-refractivity contribution in [2.75, 3.05) is 49.8 Å². The molecule has 0 amide bonds. The van der Waals surface area contributed by atoms with Gasteiger partial charge >= 0.3 is 0 Å². The maximum Gasteiger partial charge on any atom is 0.204 e. The number of methoxy groups -OCH3 is 1. The molecule has 2 heterocycles. The number of aliphatic hydroxyl groups is 1. The maximum atomic E-state index is 12.2. The number of thioether (sulfide) groups is 1. The standard InChI is InChI=1S/C14H18BrNO4S2/c1-19-5-7-21-6-3-16(2-4-17)12-8-11(18)14-13(20-12)10(15)9-22-14/h8-9,17H,2-7H2,1H3. The smallest absolute Gasteiger partial charge is 0.204 e. The Morgan fingerprint density at radius 1 is 1.45 bits per heavy atom. The van der Waals surface area contributed by atoms with E-state index in [2.05, 4.69) is 15.9 Å². The summed E-state index contributed by atoms with van der Waals surface area (Å²) in [5.41, 5.74) is 0.518. The minimum Gasteiger partial charge on any atom is -0.438 e. The highest BCUT2D eigenvalue weighted by atomic mass is 79.9. The van der Waals surface area contributed by atoms with Crippen molar-refractivity contribution in [2.45, 2.75) is 0 Å². The number of fused-ring (bicyclic) bond motifs is 1. The third-order valence-corrected chi connectivity index (χ3v) is 5.80. The van der Waals surface area contributed by atoms with E-state index in [-0.39, 0.29) is 12.0 Å². The van der Waals surface area contributed by atoms with Crippen molar-refractivity contribution in [3.8, 4) is 0 Å². The maximum absolute atomic E-state index is 12.2. The number of ether oxygens (including phenoxy) is 1. The zero-order chi connectivity index (χ0) is 15.9. The van der Waals surface area contributed by atoms with E-state index in [0.29, 0.717) is 35.9 Å². The first-order valence-electron chi connectivity index (χ1n) is 6.80. The van der Waals surface area contributed by atoms with Gasteiger partial charge in [0.05, 0.1) is 17.7 Å². The van der Waals surface area contributed by atoms with Crippen LogP contribution >= 0.6 is 39.0 Å². The highest BCUT2D eigenvalue weighted by molar-refractivity contribution is 9.10. The fourth-order valence-corrected chi connectivity index (χ4v) is 4.22. The Kier molecular flexibility index (Phi) is 7.23. The van der Waals surface area contributed by atoms with Crippen LogP contribution in [-0.4, -0.2) is 50.0 Å². The molecule has 5 nitrogen and oxygen atoms in total. The SMILES string of the molecule is COCCSCCN(CCO)c1cc(=O)c2scc(Br)c2o1. The number of rotatable bonds is 9. The van der Waals surface area contributed by atoms with Crippen molar-refractivity contribution in [3.05, 3.63) is 26.1 Å². The van der Waals surface area contributed by atoms with E-state index in [1.807, 2.05) is 10.3 Å². The van der Waals surface area contributed by atoms with Crippen LogP contribution in [0.1, 0.15) is 0 Å². The molecule has 0 radical (unpaired) electrons. The van der Waals surface area contributed by atoms with Crippen LogP contribution in [0, 0.1) is 0 Å². The Balaban J connectivity index is 2.13. The van der Waals surface area contributed by atoms with Crippen molar-refractivity contribution < 1.29 is 14.3 Å². The quantitative estimate of drug-likeness (QED) is 0.644. The van der Waals surface area contributed by atoms with Crippen LogP contribution in [0.15, 0.2) is 25.1 Å². The Bertz CT molecular complexity index is 658. The van der Waals surface area contributed by atoms with E-state index in [1.165, 1.54) is 17.4 Å². The summed E-state index contributed by atoms with van der Waals surface area (Å²) in [6, 6.07) is 1.50. The minimum atomic E-state index is -0.0538. The van der Waals surface area contributed by atoms with Gasteiger partial charge in [0.15, 0.2) is 11.5 Å². The molecule has 122 valence electrons. The second-order valence-corrected chi connectivity index (χ2v) is 7.47. The first kappa shape index (κ1) is 17.8. The fourth-order valence-electron chi connectivity index (χ4n) is 1.93. The van der Waals surface area contributed by atoms with E-state index in [9.17, 15) is 9.90 Å². The lowest BCUT2D eigenvalue weighted by Crippen LogP contribution is -2.29. The molecule has 0 atom stereocenters. The zero-order valence-electron chi connectivity index (χ0n) is 12.2. The van der Waals surface area contributed by atoms with Crippen molar-refractivity contribution >= 4 is 55.2 Å². The molecule has 0 aromatic carbocycles. The molecule has 0 saturated heterocycles. The summed E-state index contributed by atoms with van der Waals surface area (Å²) in [6.07, 6.45) is 0. The Morgan fingerprint density at radius 2 is 2.27 bits per heavy atom. The summed E-state index contributed by atoms with van der Waals surface area (Å²) in [5.74, 6) is 2.29. The first-order chi connectivity index (χ1) is 10.7. The van der Waals surface area contributed by atoms with Crippen LogP contribution in [0.4, 0.5) is 5.88 Å². The summed E-state index contributed by atoms with van der Waals surface area (Å²) in [5, 5.41) is 11.1. The average Bonchev–Trinajstić information content (AvgIpc) is 2.88. The first-order valence-corrected chi connectivity index (χ1v) is 9.63. The molecular weight excluding hydrogens is 390 g/mol. The van der Waals surface area contributed by atoms with Crippen molar-refractivity contribution in [1.82, 2.24) is 0 Å². The fraction of sp³-hybridized carbons (Fsp3) is 0.500. The van der Waals surface area contributed by atoms with Crippen LogP contribution in [0.5, 0.6) is 0 Å². The van der Waals surface area contributed by atoms with Gasteiger partial charge in [0.2, 0.25) is 5.43 Å². The van der Waals surface area contributed by atoms with Gasteiger partial charge in [0, 0.05) is 43.2 Å². The summed E-state index contributed by atoms with van der Waals surface area (Å²) in [6.45, 7) is 1.86. The van der Waals surface area contributed by atoms with Crippen LogP contribution in [0.2, 0.25) is 0 Å². The molecule has 0 spiro atoms. The van der Waals surface area contributed by atoms with Gasteiger partial charge in [0.25, 0.3) is 0 Å². The van der Waals surface area contributed by atoms with Gasteiger partial charge in [0.1, 0.15) is 4.70 Å². The highest BCUT2D eigenvalue weighted by Crippen LogP contribution is 2.30. The number of hydrogen-bond acceptors (Lipinski definition) is 7. The lowest BCUT2D eigenvalue weighted by Gasteiger charge is -2.21. The minimum absolute atomic E-state index is 0.00922. The second kappa shape index (κ2) is 8.93. The number of anilines is 1. The molecule has 2 aromatic rings. The van der Waals surface area contributed by atoms with E-state index < -0.39 is 0 Å². The Morgan fingerprint density at radius 3 is 3.00 bits per heavy atom. The highest BCUT2D eigenvalue weighted by Gasteiger charge is 2.14. The molecule has 1 N–H and O–H groups in total. The third-order valence-electron chi connectivity index (χ3n) is 3.01. The van der Waals surface area contributed by atoms with Crippen LogP contribution in [0.3, 0.4) is 0 Å². The summed E-state index contributed by atoms with van der Waals surface area (Å²) < 4.78 is 12.2. The Labute approximate surface area is 145 Å². The lowest BCUT2D eigenvalue weighted by atomic mass is 10.4. The van der Waals surface area contributed by atoms with Gasteiger partial charge in [-0.15, -0.1) is 11.3 Å². The van der Waals surface area contributed by atoms with Gasteiger partial charge in [-0.3, -0.25) is 4.79 Å². The largest absolute Gasteiger partial charge is 0.438 e. The summed E-state index contributed by atoms with van der Waals surface area (Å²) in [4.78, 5) is 14.0. The molecule has 22 heavy (non-hydrogen) atoms. The molecule has 2 rings (SSSR count). The van der Waals surface area contributed by atoms with Crippen molar-refractivity contribution in [1.29, 1.82) is 0 Å². The van der Waals surface area contributed by atoms with E-state index in [0.717, 1.165) is 16.0 Å². The molecule has 0 unspecified atom stereocenters. The van der Waals surface area contributed by atoms with Gasteiger partial charge in [-0.2, -0.15) is 11.8 Å². The summed E-state index contributed by atoms with van der Waals surface area (Å²) >= 11 is 6.52. The van der Waals surface area contributed by atoms with Crippen molar-refractivity contribution in [2.24, 2.45) is 0 Å². The van der Waals surface area contributed by atoms with Crippen molar-refractivity contribution in [3.63, 3.8) is 0 Å². The van der Waals surface area contributed by atoms with E-state index in [1.54, 1.807) is 18.9 Å². The molecular formula is C14H18BrNO4S2. The van der Waals surface area contributed by atoms with Gasteiger partial charge in [-0.05, 0) is 15.9 Å². The predicted molar refractivity (Wildman–Crippen MR) is 96.6 cm³/mol. The molecule has 0 bridgehead atoms. The second-order valence-electron chi connectivity index (χ2n) is 4.51. The lowest BCUT2D eigenvalue weighted by molar-refractivity contribution is 0.218. The van der Waals surface area contributed by atoms with Gasteiger partial charge in [-0.25, -0.2) is 0 Å².